The SMILES string of the molecule is Cc1cccc(NC(=O)c2ccccc2NC(=O)c2cccc(-n3cnnn3)c2)c1. The van der Waals surface area contributed by atoms with Crippen molar-refractivity contribution in [2.75, 3.05) is 10.6 Å². The maximum Gasteiger partial charge on any atom is 0.257 e. The number of carbonyl (C=O) groups excluding carboxylic acids is 2. The van der Waals surface area contributed by atoms with Crippen LogP contribution in [0.1, 0.15) is 26.3 Å². The number of anilines is 2. The van der Waals surface area contributed by atoms with Crippen LogP contribution in [0.5, 0.6) is 0 Å². The highest BCUT2D eigenvalue weighted by Crippen LogP contribution is 2.19. The normalized spacial score (nSPS) is 10.4. The lowest BCUT2D eigenvalue weighted by molar-refractivity contribution is 0.102. The monoisotopic (exact) mass is 398 g/mol. The molecule has 30 heavy (non-hydrogen) atoms. The third-order valence-corrected chi connectivity index (χ3v) is 4.42. The molecule has 1 heterocycles. The van der Waals surface area contributed by atoms with Crippen LogP contribution in [0.4, 0.5) is 11.4 Å². The average molecular weight is 398 g/mol. The number of hydrogen-bond acceptors (Lipinski definition) is 5. The zero-order chi connectivity index (χ0) is 20.9. The van der Waals surface area contributed by atoms with Crippen LogP contribution in [0.25, 0.3) is 5.69 Å². The van der Waals surface area contributed by atoms with Crippen LogP contribution in [0.3, 0.4) is 0 Å². The molecule has 4 rings (SSSR count). The molecular formula is C22H18N6O2. The molecule has 0 aliphatic heterocycles. The summed E-state index contributed by atoms with van der Waals surface area (Å²) in [6.45, 7) is 1.95. The lowest BCUT2D eigenvalue weighted by atomic mass is 10.1. The summed E-state index contributed by atoms with van der Waals surface area (Å²) in [6.07, 6.45) is 1.45. The van der Waals surface area contributed by atoms with Crippen molar-refractivity contribution in [2.45, 2.75) is 6.92 Å². The Hall–Kier alpha value is -4.33. The van der Waals surface area contributed by atoms with Gasteiger partial charge in [-0.05, 0) is 65.4 Å². The van der Waals surface area contributed by atoms with Crippen LogP contribution in [-0.4, -0.2) is 32.0 Å². The van der Waals surface area contributed by atoms with Gasteiger partial charge in [-0.3, -0.25) is 9.59 Å². The Labute approximate surface area is 172 Å². The number of para-hydroxylation sites is 1. The van der Waals surface area contributed by atoms with Crippen LogP contribution in [0.15, 0.2) is 79.1 Å². The number of benzene rings is 3. The fourth-order valence-corrected chi connectivity index (χ4v) is 2.98. The van der Waals surface area contributed by atoms with E-state index in [1.807, 2.05) is 31.2 Å². The molecule has 3 aromatic carbocycles. The summed E-state index contributed by atoms with van der Waals surface area (Å²) in [7, 11) is 0. The van der Waals surface area contributed by atoms with Gasteiger partial charge < -0.3 is 10.6 Å². The highest BCUT2D eigenvalue weighted by molar-refractivity contribution is 6.12. The number of carbonyl (C=O) groups is 2. The predicted molar refractivity (Wildman–Crippen MR) is 113 cm³/mol. The van der Waals surface area contributed by atoms with Gasteiger partial charge >= 0.3 is 0 Å². The van der Waals surface area contributed by atoms with E-state index in [1.54, 1.807) is 48.5 Å². The number of hydrogen-bond donors (Lipinski definition) is 2. The van der Waals surface area contributed by atoms with Crippen molar-refractivity contribution in [3.05, 3.63) is 95.8 Å². The lowest BCUT2D eigenvalue weighted by Gasteiger charge is -2.12. The Morgan fingerprint density at radius 1 is 0.867 bits per heavy atom. The highest BCUT2D eigenvalue weighted by atomic mass is 16.2. The van der Waals surface area contributed by atoms with E-state index < -0.39 is 0 Å². The summed E-state index contributed by atoms with van der Waals surface area (Å²) in [5.74, 6) is -0.653. The molecule has 148 valence electrons. The summed E-state index contributed by atoms with van der Waals surface area (Å²) in [6, 6.07) is 21.3. The summed E-state index contributed by atoms with van der Waals surface area (Å²) in [5.41, 5.74) is 3.58. The van der Waals surface area contributed by atoms with Gasteiger partial charge in [0, 0.05) is 11.3 Å². The van der Waals surface area contributed by atoms with Crippen molar-refractivity contribution in [2.24, 2.45) is 0 Å². The number of aromatic nitrogens is 4. The first kappa shape index (κ1) is 19.0. The Kier molecular flexibility index (Phi) is 5.29. The van der Waals surface area contributed by atoms with Crippen molar-refractivity contribution < 1.29 is 9.59 Å². The molecule has 0 fully saturated rings. The van der Waals surface area contributed by atoms with E-state index in [9.17, 15) is 9.59 Å². The van der Waals surface area contributed by atoms with Crippen molar-refractivity contribution >= 4 is 23.2 Å². The van der Waals surface area contributed by atoms with Gasteiger partial charge in [0.25, 0.3) is 11.8 Å². The molecule has 0 aliphatic carbocycles. The van der Waals surface area contributed by atoms with Gasteiger partial charge in [-0.2, -0.15) is 0 Å². The molecule has 0 unspecified atom stereocenters. The first-order valence-electron chi connectivity index (χ1n) is 9.22. The van der Waals surface area contributed by atoms with Crippen molar-refractivity contribution in [1.82, 2.24) is 20.2 Å². The number of aryl methyl sites for hydroxylation is 1. The zero-order valence-corrected chi connectivity index (χ0v) is 16.1. The molecule has 1 aromatic heterocycles. The standard InChI is InChI=1S/C22H18N6O2/c1-15-6-4-8-17(12-15)24-22(30)19-10-2-3-11-20(19)25-21(29)16-7-5-9-18(13-16)28-14-23-26-27-28/h2-14H,1H3,(H,24,30)(H,25,29). The van der Waals surface area contributed by atoms with Gasteiger partial charge in [0.05, 0.1) is 16.9 Å². The maximum absolute atomic E-state index is 12.8. The first-order valence-corrected chi connectivity index (χ1v) is 9.22. The van der Waals surface area contributed by atoms with Crippen molar-refractivity contribution in [1.29, 1.82) is 0 Å². The smallest absolute Gasteiger partial charge is 0.257 e. The number of tetrazole rings is 1. The topological polar surface area (TPSA) is 102 Å². The van der Waals surface area contributed by atoms with Crippen LogP contribution in [-0.2, 0) is 0 Å². The fourth-order valence-electron chi connectivity index (χ4n) is 2.98. The lowest BCUT2D eigenvalue weighted by Crippen LogP contribution is -2.18. The van der Waals surface area contributed by atoms with Crippen LogP contribution < -0.4 is 10.6 Å². The van der Waals surface area contributed by atoms with Gasteiger partial charge in [0.1, 0.15) is 6.33 Å². The number of rotatable bonds is 5. The third kappa shape index (κ3) is 4.22. The van der Waals surface area contributed by atoms with Crippen LogP contribution in [0.2, 0.25) is 0 Å². The van der Waals surface area contributed by atoms with E-state index in [1.165, 1.54) is 11.0 Å². The summed E-state index contributed by atoms with van der Waals surface area (Å²) in [5, 5.41) is 16.7. The molecular weight excluding hydrogens is 380 g/mol. The quantitative estimate of drug-likeness (QED) is 0.536. The molecule has 0 radical (unpaired) electrons. The van der Waals surface area contributed by atoms with E-state index >= 15 is 0 Å². The van der Waals surface area contributed by atoms with Gasteiger partial charge in [-0.25, -0.2) is 4.68 Å². The molecule has 0 atom stereocenters. The second-order valence-corrected chi connectivity index (χ2v) is 6.63. The Morgan fingerprint density at radius 3 is 2.50 bits per heavy atom. The van der Waals surface area contributed by atoms with E-state index in [2.05, 4.69) is 26.2 Å². The largest absolute Gasteiger partial charge is 0.322 e. The Balaban J connectivity index is 1.55. The third-order valence-electron chi connectivity index (χ3n) is 4.42. The number of nitrogens with one attached hydrogen (secondary N) is 2. The molecule has 0 bridgehead atoms. The van der Waals surface area contributed by atoms with Crippen LogP contribution in [0, 0.1) is 6.92 Å². The molecule has 0 spiro atoms. The molecule has 0 saturated carbocycles. The van der Waals surface area contributed by atoms with Crippen LogP contribution >= 0.6 is 0 Å². The van der Waals surface area contributed by atoms with E-state index in [4.69, 9.17) is 0 Å². The Morgan fingerprint density at radius 2 is 1.70 bits per heavy atom. The Bertz CT molecular complexity index is 1200. The summed E-state index contributed by atoms with van der Waals surface area (Å²) in [4.78, 5) is 25.6. The molecule has 4 aromatic rings. The van der Waals surface area contributed by atoms with E-state index in [0.29, 0.717) is 28.2 Å². The minimum Gasteiger partial charge on any atom is -0.322 e. The van der Waals surface area contributed by atoms with Crippen molar-refractivity contribution in [3.63, 3.8) is 0 Å². The van der Waals surface area contributed by atoms with E-state index in [-0.39, 0.29) is 11.8 Å². The predicted octanol–water partition coefficient (Wildman–Crippen LogP) is 3.48. The van der Waals surface area contributed by atoms with Crippen molar-refractivity contribution in [3.8, 4) is 5.69 Å². The van der Waals surface area contributed by atoms with Gasteiger partial charge in [0.15, 0.2) is 0 Å². The maximum atomic E-state index is 12.8. The molecule has 0 saturated heterocycles. The highest BCUT2D eigenvalue weighted by Gasteiger charge is 2.15. The fraction of sp³-hybridized carbons (Fsp3) is 0.0455. The number of amides is 2. The minimum absolute atomic E-state index is 0.307. The summed E-state index contributed by atoms with van der Waals surface area (Å²) < 4.78 is 1.46. The molecule has 2 amide bonds. The average Bonchev–Trinajstić information content (AvgIpc) is 3.29. The van der Waals surface area contributed by atoms with Gasteiger partial charge in [0.2, 0.25) is 0 Å². The first-order chi connectivity index (χ1) is 14.6. The summed E-state index contributed by atoms with van der Waals surface area (Å²) >= 11 is 0. The number of nitrogens with zero attached hydrogens (tertiary/aromatic N) is 4. The van der Waals surface area contributed by atoms with E-state index in [0.717, 1.165) is 5.56 Å². The second kappa shape index (κ2) is 8.36. The molecule has 8 nitrogen and oxygen atoms in total. The van der Waals surface area contributed by atoms with Gasteiger partial charge in [-0.15, -0.1) is 5.10 Å². The minimum atomic E-state index is -0.347. The van der Waals surface area contributed by atoms with Gasteiger partial charge in [-0.1, -0.05) is 30.3 Å². The molecule has 2 N–H and O–H groups in total. The zero-order valence-electron chi connectivity index (χ0n) is 16.1. The molecule has 0 aliphatic rings. The molecule has 8 heteroatoms. The second-order valence-electron chi connectivity index (χ2n) is 6.63.